The summed E-state index contributed by atoms with van der Waals surface area (Å²) in [4.78, 5) is 0. The molecule has 3 heteroatoms. The van der Waals surface area contributed by atoms with Crippen LogP contribution in [0.5, 0.6) is 5.75 Å². The molecule has 0 aliphatic heterocycles. The van der Waals surface area contributed by atoms with Crippen molar-refractivity contribution in [3.8, 4) is 5.75 Å². The molecule has 3 nitrogen and oxygen atoms in total. The third-order valence-corrected chi connectivity index (χ3v) is 2.45. The van der Waals surface area contributed by atoms with Crippen LogP contribution in [-0.4, -0.2) is 14.9 Å². The van der Waals surface area contributed by atoms with Gasteiger partial charge in [-0.05, 0) is 12.3 Å². The van der Waals surface area contributed by atoms with E-state index in [1.54, 1.807) is 4.68 Å². The Morgan fingerprint density at radius 2 is 1.87 bits per heavy atom. The molecule has 0 amide bonds. The summed E-state index contributed by atoms with van der Waals surface area (Å²) in [6.07, 6.45) is 0.866. The van der Waals surface area contributed by atoms with Crippen molar-refractivity contribution >= 4 is 0 Å². The monoisotopic (exact) mass is 210 g/mol. The molecule has 0 radical (unpaired) electrons. The van der Waals surface area contributed by atoms with Gasteiger partial charge in [0.1, 0.15) is 5.69 Å². The summed E-state index contributed by atoms with van der Waals surface area (Å²) < 4.78 is 1.80. The zero-order valence-corrected chi connectivity index (χ0v) is 10.6. The summed E-state index contributed by atoms with van der Waals surface area (Å²) in [6, 6.07) is 0. The molecule has 0 saturated heterocycles. The summed E-state index contributed by atoms with van der Waals surface area (Å²) in [6.45, 7) is 10.5. The van der Waals surface area contributed by atoms with Crippen LogP contribution in [-0.2, 0) is 18.9 Å². The van der Waals surface area contributed by atoms with Crippen LogP contribution in [0.1, 0.15) is 46.0 Å². The van der Waals surface area contributed by atoms with Gasteiger partial charge in [0.25, 0.3) is 0 Å². The largest absolute Gasteiger partial charge is 0.504 e. The smallest absolute Gasteiger partial charge is 0.160 e. The van der Waals surface area contributed by atoms with Gasteiger partial charge in [-0.1, -0.05) is 34.6 Å². The zero-order valence-electron chi connectivity index (χ0n) is 10.6. The van der Waals surface area contributed by atoms with Crippen LogP contribution in [0.25, 0.3) is 0 Å². The average Bonchev–Trinajstić information content (AvgIpc) is 2.30. The fraction of sp³-hybridized carbons (Fsp3) is 0.750. The first-order chi connectivity index (χ1) is 6.73. The van der Waals surface area contributed by atoms with Crippen molar-refractivity contribution in [1.29, 1.82) is 0 Å². The second-order valence-electron chi connectivity index (χ2n) is 5.62. The molecular weight excluding hydrogens is 188 g/mol. The van der Waals surface area contributed by atoms with Crippen molar-refractivity contribution in [1.82, 2.24) is 9.78 Å². The third kappa shape index (κ3) is 2.52. The summed E-state index contributed by atoms with van der Waals surface area (Å²) in [5, 5.41) is 14.5. The van der Waals surface area contributed by atoms with Crippen molar-refractivity contribution < 1.29 is 5.11 Å². The van der Waals surface area contributed by atoms with E-state index < -0.39 is 0 Å². The molecule has 1 aromatic rings. The normalized spacial score (nSPS) is 12.5. The first-order valence-electron chi connectivity index (χ1n) is 5.48. The van der Waals surface area contributed by atoms with Gasteiger partial charge in [0.05, 0.1) is 5.69 Å². The number of hydrogen-bond acceptors (Lipinski definition) is 2. The maximum Gasteiger partial charge on any atom is 0.160 e. The van der Waals surface area contributed by atoms with Gasteiger partial charge in [-0.25, -0.2) is 0 Å². The highest BCUT2D eigenvalue weighted by atomic mass is 16.3. The van der Waals surface area contributed by atoms with Crippen molar-refractivity contribution in [3.05, 3.63) is 11.4 Å². The molecule has 0 atom stereocenters. The number of aromatic hydroxyl groups is 1. The number of aryl methyl sites for hydroxylation is 1. The second-order valence-corrected chi connectivity index (χ2v) is 5.62. The van der Waals surface area contributed by atoms with Gasteiger partial charge in [0.15, 0.2) is 5.75 Å². The third-order valence-electron chi connectivity index (χ3n) is 2.45. The zero-order chi connectivity index (χ0) is 11.8. The van der Waals surface area contributed by atoms with Crippen LogP contribution in [0.3, 0.4) is 0 Å². The van der Waals surface area contributed by atoms with Crippen LogP contribution < -0.4 is 0 Å². The molecule has 0 unspecified atom stereocenters. The molecule has 86 valence electrons. The van der Waals surface area contributed by atoms with E-state index in [-0.39, 0.29) is 5.41 Å². The van der Waals surface area contributed by atoms with Crippen LogP contribution in [0.2, 0.25) is 0 Å². The molecule has 0 aromatic carbocycles. The molecule has 1 heterocycles. The minimum atomic E-state index is -0.100. The summed E-state index contributed by atoms with van der Waals surface area (Å²) in [5.74, 6) is 0.901. The standard InChI is InChI=1S/C12H22N2O/c1-8(2)7-9-10(15)11(12(3,4)5)13-14(9)6/h8,15H,7H2,1-6H3. The van der Waals surface area contributed by atoms with Crippen LogP contribution in [0.15, 0.2) is 0 Å². The SMILES string of the molecule is CC(C)Cc1c(O)c(C(C)(C)C)nn1C. The van der Waals surface area contributed by atoms with Gasteiger partial charge in [-0.3, -0.25) is 4.68 Å². The Morgan fingerprint density at radius 3 is 2.20 bits per heavy atom. The minimum absolute atomic E-state index is 0.100. The molecule has 15 heavy (non-hydrogen) atoms. The second kappa shape index (κ2) is 3.87. The molecule has 0 bridgehead atoms. The van der Waals surface area contributed by atoms with E-state index >= 15 is 0 Å². The van der Waals surface area contributed by atoms with Crippen LogP contribution in [0.4, 0.5) is 0 Å². The van der Waals surface area contributed by atoms with E-state index in [1.165, 1.54) is 0 Å². The fourth-order valence-corrected chi connectivity index (χ4v) is 1.67. The van der Waals surface area contributed by atoms with E-state index in [9.17, 15) is 5.11 Å². The quantitative estimate of drug-likeness (QED) is 0.815. The van der Waals surface area contributed by atoms with Gasteiger partial charge in [0, 0.05) is 12.5 Å². The summed E-state index contributed by atoms with van der Waals surface area (Å²) in [5.41, 5.74) is 1.63. The number of hydrogen-bond donors (Lipinski definition) is 1. The van der Waals surface area contributed by atoms with Gasteiger partial charge in [0.2, 0.25) is 0 Å². The Morgan fingerprint density at radius 1 is 1.33 bits per heavy atom. The molecule has 0 spiro atoms. The highest BCUT2D eigenvalue weighted by molar-refractivity contribution is 5.36. The lowest BCUT2D eigenvalue weighted by Crippen LogP contribution is -2.12. The highest BCUT2D eigenvalue weighted by Crippen LogP contribution is 2.33. The molecular formula is C12H22N2O. The lowest BCUT2D eigenvalue weighted by Gasteiger charge is -2.15. The predicted octanol–water partition coefficient (Wildman–Crippen LogP) is 2.62. The number of nitrogens with zero attached hydrogens (tertiary/aromatic N) is 2. The molecule has 0 fully saturated rings. The van der Waals surface area contributed by atoms with Crippen LogP contribution >= 0.6 is 0 Å². The van der Waals surface area contributed by atoms with Gasteiger partial charge in [-0.2, -0.15) is 5.10 Å². The average molecular weight is 210 g/mol. The van der Waals surface area contributed by atoms with Crippen molar-refractivity contribution in [2.75, 3.05) is 0 Å². The van der Waals surface area contributed by atoms with Crippen molar-refractivity contribution in [2.24, 2.45) is 13.0 Å². The molecule has 0 aliphatic rings. The highest BCUT2D eigenvalue weighted by Gasteiger charge is 2.25. The maximum absolute atomic E-state index is 10.1. The van der Waals surface area contributed by atoms with E-state index in [4.69, 9.17) is 0 Å². The molecule has 1 N–H and O–H groups in total. The Hall–Kier alpha value is -0.990. The summed E-state index contributed by atoms with van der Waals surface area (Å²) >= 11 is 0. The predicted molar refractivity (Wildman–Crippen MR) is 62.1 cm³/mol. The van der Waals surface area contributed by atoms with Crippen molar-refractivity contribution in [2.45, 2.75) is 46.5 Å². The Bertz CT molecular complexity index is 345. The fourth-order valence-electron chi connectivity index (χ4n) is 1.67. The van der Waals surface area contributed by atoms with E-state index in [0.29, 0.717) is 11.7 Å². The Labute approximate surface area is 92.1 Å². The van der Waals surface area contributed by atoms with E-state index in [2.05, 4.69) is 39.7 Å². The number of aromatic nitrogens is 2. The topological polar surface area (TPSA) is 38.1 Å². The van der Waals surface area contributed by atoms with Crippen LogP contribution in [0, 0.1) is 5.92 Å². The van der Waals surface area contributed by atoms with Gasteiger partial charge >= 0.3 is 0 Å². The first-order valence-corrected chi connectivity index (χ1v) is 5.48. The summed E-state index contributed by atoms with van der Waals surface area (Å²) in [7, 11) is 1.90. The number of rotatable bonds is 2. The molecule has 0 saturated carbocycles. The Kier molecular flexibility index (Phi) is 3.12. The molecule has 1 aromatic heterocycles. The van der Waals surface area contributed by atoms with E-state index in [0.717, 1.165) is 17.8 Å². The van der Waals surface area contributed by atoms with Gasteiger partial charge in [-0.15, -0.1) is 0 Å². The first kappa shape index (κ1) is 12.1. The van der Waals surface area contributed by atoms with E-state index in [1.807, 2.05) is 7.05 Å². The lowest BCUT2D eigenvalue weighted by molar-refractivity contribution is 0.435. The van der Waals surface area contributed by atoms with Crippen molar-refractivity contribution in [3.63, 3.8) is 0 Å². The maximum atomic E-state index is 10.1. The van der Waals surface area contributed by atoms with Gasteiger partial charge < -0.3 is 5.11 Å². The Balaban J connectivity index is 3.15. The minimum Gasteiger partial charge on any atom is -0.504 e. The molecule has 1 rings (SSSR count). The lowest BCUT2D eigenvalue weighted by atomic mass is 9.91. The molecule has 0 aliphatic carbocycles.